The van der Waals surface area contributed by atoms with Crippen LogP contribution in [0.3, 0.4) is 0 Å². The Kier molecular flexibility index (Phi) is 15.0. The van der Waals surface area contributed by atoms with Crippen LogP contribution in [0.25, 0.3) is 0 Å². The van der Waals surface area contributed by atoms with Crippen molar-refractivity contribution in [3.63, 3.8) is 0 Å². The smallest absolute Gasteiger partial charge is 0.114 e. The highest BCUT2D eigenvalue weighted by Crippen LogP contribution is 2.20. The van der Waals surface area contributed by atoms with E-state index in [0.717, 1.165) is 19.3 Å². The molecule has 0 saturated carbocycles. The third-order valence-corrected chi connectivity index (χ3v) is 5.22. The second-order valence-electron chi connectivity index (χ2n) is 7.68. The van der Waals surface area contributed by atoms with Gasteiger partial charge in [-0.1, -0.05) is 64.0 Å². The lowest BCUT2D eigenvalue weighted by Crippen LogP contribution is -2.41. The van der Waals surface area contributed by atoms with Crippen LogP contribution in [0, 0.1) is 0 Å². The highest BCUT2D eigenvalue weighted by Gasteiger charge is 2.40. The molecule has 1 saturated heterocycles. The number of rotatable bonds is 17. The van der Waals surface area contributed by atoms with Gasteiger partial charge in [0, 0.05) is 6.61 Å². The SMILES string of the molecule is CCCCCCCCCC/C=C/CCCCO[C@H]1CO[C@H]([C@H](O)CO)[C@@H]1O. The highest BCUT2D eigenvalue weighted by molar-refractivity contribution is 4.88. The Morgan fingerprint density at radius 1 is 0.963 bits per heavy atom. The van der Waals surface area contributed by atoms with Crippen LogP contribution >= 0.6 is 0 Å². The maximum atomic E-state index is 10.0. The average molecular weight is 387 g/mol. The lowest BCUT2D eigenvalue weighted by molar-refractivity contribution is -0.0730. The fraction of sp³-hybridized carbons (Fsp3) is 0.909. The standard InChI is InChI=1S/C22H42O5/c1-2-3-4-5-6-7-8-9-10-11-12-13-14-15-16-26-20-18-27-22(21(20)25)19(24)17-23/h11-12,19-25H,2-10,13-18H2,1H3/b12-11+/t19-,20+,21-,22-/m1/s1. The summed E-state index contributed by atoms with van der Waals surface area (Å²) in [7, 11) is 0. The highest BCUT2D eigenvalue weighted by atomic mass is 16.6. The van der Waals surface area contributed by atoms with E-state index in [1.54, 1.807) is 0 Å². The van der Waals surface area contributed by atoms with Crippen molar-refractivity contribution in [3.05, 3.63) is 12.2 Å². The summed E-state index contributed by atoms with van der Waals surface area (Å²) < 4.78 is 11.0. The van der Waals surface area contributed by atoms with Gasteiger partial charge >= 0.3 is 0 Å². The second kappa shape index (κ2) is 16.5. The first kappa shape index (κ1) is 24.6. The van der Waals surface area contributed by atoms with Gasteiger partial charge in [0.15, 0.2) is 0 Å². The average Bonchev–Trinajstić information content (AvgIpc) is 3.04. The van der Waals surface area contributed by atoms with Crippen molar-refractivity contribution in [2.24, 2.45) is 0 Å². The van der Waals surface area contributed by atoms with Crippen LogP contribution < -0.4 is 0 Å². The van der Waals surface area contributed by atoms with Gasteiger partial charge in [0.2, 0.25) is 0 Å². The monoisotopic (exact) mass is 386 g/mol. The van der Waals surface area contributed by atoms with E-state index in [1.807, 2.05) is 0 Å². The van der Waals surface area contributed by atoms with Gasteiger partial charge in [0.25, 0.3) is 0 Å². The Hall–Kier alpha value is -0.460. The predicted octanol–water partition coefficient (Wildman–Crippen LogP) is 3.74. The van der Waals surface area contributed by atoms with Crippen LogP contribution in [0.15, 0.2) is 12.2 Å². The number of hydrogen-bond acceptors (Lipinski definition) is 5. The molecule has 0 radical (unpaired) electrons. The number of allylic oxidation sites excluding steroid dienone is 2. The van der Waals surface area contributed by atoms with Crippen molar-refractivity contribution in [3.8, 4) is 0 Å². The summed E-state index contributed by atoms with van der Waals surface area (Å²) in [5.74, 6) is 0. The van der Waals surface area contributed by atoms with Gasteiger partial charge in [-0.15, -0.1) is 0 Å². The van der Waals surface area contributed by atoms with Crippen molar-refractivity contribution in [2.45, 2.75) is 108 Å². The Morgan fingerprint density at radius 3 is 2.19 bits per heavy atom. The van der Waals surface area contributed by atoms with Crippen LogP contribution in [0.5, 0.6) is 0 Å². The third kappa shape index (κ3) is 11.2. The molecule has 0 aromatic heterocycles. The fourth-order valence-electron chi connectivity index (χ4n) is 3.43. The van der Waals surface area contributed by atoms with Crippen LogP contribution in [0.2, 0.25) is 0 Å². The van der Waals surface area contributed by atoms with Crippen LogP contribution in [0.4, 0.5) is 0 Å². The van der Waals surface area contributed by atoms with Crippen molar-refractivity contribution in [2.75, 3.05) is 19.8 Å². The molecule has 0 aromatic rings. The van der Waals surface area contributed by atoms with E-state index in [9.17, 15) is 10.2 Å². The van der Waals surface area contributed by atoms with Gasteiger partial charge in [-0.25, -0.2) is 0 Å². The third-order valence-electron chi connectivity index (χ3n) is 5.22. The number of ether oxygens (including phenoxy) is 2. The van der Waals surface area contributed by atoms with E-state index in [-0.39, 0.29) is 6.61 Å². The summed E-state index contributed by atoms with van der Waals surface area (Å²) in [6, 6.07) is 0. The molecule has 160 valence electrons. The maximum absolute atomic E-state index is 10.0. The van der Waals surface area contributed by atoms with Gasteiger partial charge in [0.1, 0.15) is 24.4 Å². The number of hydrogen-bond donors (Lipinski definition) is 3. The molecule has 27 heavy (non-hydrogen) atoms. The summed E-state index contributed by atoms with van der Waals surface area (Å²) in [5, 5.41) is 28.5. The summed E-state index contributed by atoms with van der Waals surface area (Å²) in [4.78, 5) is 0. The Balaban J connectivity index is 1.88. The molecule has 1 rings (SSSR count). The molecular formula is C22H42O5. The van der Waals surface area contributed by atoms with Crippen LogP contribution in [-0.4, -0.2) is 59.6 Å². The molecule has 5 nitrogen and oxygen atoms in total. The minimum Gasteiger partial charge on any atom is -0.394 e. The van der Waals surface area contributed by atoms with E-state index < -0.39 is 31.0 Å². The predicted molar refractivity (Wildman–Crippen MR) is 109 cm³/mol. The molecule has 0 bridgehead atoms. The first-order valence-electron chi connectivity index (χ1n) is 11.1. The molecule has 5 heteroatoms. The lowest BCUT2D eigenvalue weighted by Gasteiger charge is -2.20. The van der Waals surface area contributed by atoms with Crippen LogP contribution in [-0.2, 0) is 9.47 Å². The summed E-state index contributed by atoms with van der Waals surface area (Å²) in [6.07, 6.45) is 16.7. The summed E-state index contributed by atoms with van der Waals surface area (Å²) in [6.45, 7) is 2.69. The minimum atomic E-state index is -1.06. The Labute approximate surface area is 165 Å². The topological polar surface area (TPSA) is 79.2 Å². The molecule has 0 unspecified atom stereocenters. The molecule has 0 aliphatic carbocycles. The number of unbranched alkanes of at least 4 members (excludes halogenated alkanes) is 10. The zero-order valence-corrected chi connectivity index (χ0v) is 17.2. The minimum absolute atomic E-state index is 0.265. The molecule has 4 atom stereocenters. The molecule has 0 aromatic carbocycles. The van der Waals surface area contributed by atoms with E-state index >= 15 is 0 Å². The maximum Gasteiger partial charge on any atom is 0.114 e. The van der Waals surface area contributed by atoms with Crippen molar-refractivity contribution >= 4 is 0 Å². The zero-order chi connectivity index (χ0) is 19.7. The second-order valence-corrected chi connectivity index (χ2v) is 7.68. The molecule has 0 spiro atoms. The molecule has 1 aliphatic rings. The first-order valence-corrected chi connectivity index (χ1v) is 11.1. The van der Waals surface area contributed by atoms with Crippen molar-refractivity contribution < 1.29 is 24.8 Å². The van der Waals surface area contributed by atoms with E-state index in [2.05, 4.69) is 19.1 Å². The summed E-state index contributed by atoms with van der Waals surface area (Å²) >= 11 is 0. The molecule has 1 fully saturated rings. The fourth-order valence-corrected chi connectivity index (χ4v) is 3.43. The largest absolute Gasteiger partial charge is 0.394 e. The van der Waals surface area contributed by atoms with Crippen molar-refractivity contribution in [1.29, 1.82) is 0 Å². The molecule has 1 aliphatic heterocycles. The van der Waals surface area contributed by atoms with Crippen LogP contribution in [0.1, 0.15) is 84.0 Å². The molecule has 3 N–H and O–H groups in total. The van der Waals surface area contributed by atoms with Gasteiger partial charge < -0.3 is 24.8 Å². The Bertz CT molecular complexity index is 361. The number of aliphatic hydroxyl groups excluding tert-OH is 3. The van der Waals surface area contributed by atoms with Gasteiger partial charge in [0.05, 0.1) is 13.2 Å². The first-order chi connectivity index (χ1) is 13.2. The van der Waals surface area contributed by atoms with E-state index in [4.69, 9.17) is 14.6 Å². The van der Waals surface area contributed by atoms with Gasteiger partial charge in [-0.05, 0) is 32.1 Å². The lowest BCUT2D eigenvalue weighted by atomic mass is 10.1. The zero-order valence-electron chi connectivity index (χ0n) is 17.2. The molecule has 0 amide bonds. The normalized spacial score (nSPS) is 24.1. The van der Waals surface area contributed by atoms with E-state index in [1.165, 1.54) is 57.8 Å². The summed E-state index contributed by atoms with van der Waals surface area (Å²) in [5.41, 5.74) is 0. The Morgan fingerprint density at radius 2 is 1.56 bits per heavy atom. The van der Waals surface area contributed by atoms with Gasteiger partial charge in [-0.2, -0.15) is 0 Å². The number of aliphatic hydroxyl groups is 3. The molecule has 1 heterocycles. The van der Waals surface area contributed by atoms with Crippen molar-refractivity contribution in [1.82, 2.24) is 0 Å². The van der Waals surface area contributed by atoms with E-state index in [0.29, 0.717) is 6.61 Å². The van der Waals surface area contributed by atoms with Gasteiger partial charge in [-0.3, -0.25) is 0 Å². The molecular weight excluding hydrogens is 344 g/mol. The quantitative estimate of drug-likeness (QED) is 0.262.